The molecule has 0 bridgehead atoms. The van der Waals surface area contributed by atoms with Crippen molar-refractivity contribution in [2.75, 3.05) is 18.0 Å². The topological polar surface area (TPSA) is 16.1 Å². The average Bonchev–Trinajstić information content (AvgIpc) is 2.92. The molecule has 0 fully saturated rings. The van der Waals surface area contributed by atoms with E-state index in [0.717, 1.165) is 34.2 Å². The molecule has 0 aliphatic heterocycles. The number of rotatable bonds is 4. The van der Waals surface area contributed by atoms with Gasteiger partial charge in [-0.25, -0.2) is 4.98 Å². The Morgan fingerprint density at radius 3 is 2.43 bits per heavy atom. The van der Waals surface area contributed by atoms with Crippen molar-refractivity contribution in [3.05, 3.63) is 47.5 Å². The predicted octanol–water partition coefficient (Wildman–Crippen LogP) is 5.46. The van der Waals surface area contributed by atoms with Gasteiger partial charge in [0.2, 0.25) is 0 Å². The third-order valence-corrected chi connectivity index (χ3v) is 4.91. The van der Waals surface area contributed by atoms with Crippen molar-refractivity contribution < 1.29 is 0 Å². The largest absolute Gasteiger partial charge is 0.372 e. The van der Waals surface area contributed by atoms with E-state index >= 15 is 0 Å². The maximum Gasteiger partial charge on any atom is 0.124 e. The Labute approximate surface area is 134 Å². The highest BCUT2D eigenvalue weighted by Gasteiger charge is 2.08. The molecule has 4 heteroatoms. The highest BCUT2D eigenvalue weighted by molar-refractivity contribution is 7.21. The van der Waals surface area contributed by atoms with Crippen LogP contribution >= 0.6 is 22.9 Å². The number of hydrogen-bond donors (Lipinski definition) is 0. The minimum Gasteiger partial charge on any atom is -0.372 e. The molecule has 1 heterocycles. The van der Waals surface area contributed by atoms with Crippen molar-refractivity contribution in [1.82, 2.24) is 4.98 Å². The highest BCUT2D eigenvalue weighted by atomic mass is 35.5. The number of anilines is 1. The van der Waals surface area contributed by atoms with Crippen molar-refractivity contribution in [3.63, 3.8) is 0 Å². The predicted molar refractivity (Wildman–Crippen MR) is 93.6 cm³/mol. The molecule has 2 nitrogen and oxygen atoms in total. The lowest BCUT2D eigenvalue weighted by Crippen LogP contribution is -2.21. The molecule has 0 saturated carbocycles. The number of hydrogen-bond acceptors (Lipinski definition) is 3. The Bertz CT molecular complexity index is 745. The second-order valence-electron chi connectivity index (χ2n) is 4.85. The van der Waals surface area contributed by atoms with Gasteiger partial charge in [0, 0.05) is 29.4 Å². The molecule has 0 aliphatic rings. The molecule has 0 radical (unpaired) electrons. The standard InChI is InChI=1S/C17H17ClN2S/c1-3-20(4-2)14-8-5-12(6-9-14)17-19-15-11-13(18)7-10-16(15)21-17/h5-11H,3-4H2,1-2H3. The SMILES string of the molecule is CCN(CC)c1ccc(-c2nc3cc(Cl)ccc3s2)cc1. The fourth-order valence-electron chi connectivity index (χ4n) is 2.43. The Morgan fingerprint density at radius 2 is 1.76 bits per heavy atom. The molecule has 0 aliphatic carbocycles. The number of fused-ring (bicyclic) bond motifs is 1. The van der Waals surface area contributed by atoms with Crippen molar-refractivity contribution in [2.45, 2.75) is 13.8 Å². The zero-order valence-electron chi connectivity index (χ0n) is 12.1. The first kappa shape index (κ1) is 14.4. The van der Waals surface area contributed by atoms with Gasteiger partial charge in [-0.3, -0.25) is 0 Å². The molecule has 1 aromatic heterocycles. The van der Waals surface area contributed by atoms with Gasteiger partial charge in [0.1, 0.15) is 5.01 Å². The Hall–Kier alpha value is -1.58. The van der Waals surface area contributed by atoms with E-state index in [1.54, 1.807) is 11.3 Å². The summed E-state index contributed by atoms with van der Waals surface area (Å²) < 4.78 is 1.17. The normalized spacial score (nSPS) is 11.0. The van der Waals surface area contributed by atoms with E-state index in [-0.39, 0.29) is 0 Å². The van der Waals surface area contributed by atoms with Gasteiger partial charge in [-0.05, 0) is 56.3 Å². The summed E-state index contributed by atoms with van der Waals surface area (Å²) in [5.74, 6) is 0. The molecular weight excluding hydrogens is 300 g/mol. The number of aromatic nitrogens is 1. The minimum absolute atomic E-state index is 0.733. The smallest absolute Gasteiger partial charge is 0.124 e. The molecular formula is C17H17ClN2S. The lowest BCUT2D eigenvalue weighted by Gasteiger charge is -2.20. The third-order valence-electron chi connectivity index (χ3n) is 3.59. The summed E-state index contributed by atoms with van der Waals surface area (Å²) in [5.41, 5.74) is 3.38. The Morgan fingerprint density at radius 1 is 1.05 bits per heavy atom. The quantitative estimate of drug-likeness (QED) is 0.635. The van der Waals surface area contributed by atoms with Crippen LogP contribution in [-0.2, 0) is 0 Å². The summed E-state index contributed by atoms with van der Waals surface area (Å²) in [5, 5.41) is 1.77. The molecule has 0 atom stereocenters. The van der Waals surface area contributed by atoms with Crippen molar-refractivity contribution in [1.29, 1.82) is 0 Å². The lowest BCUT2D eigenvalue weighted by molar-refractivity contribution is 0.866. The molecule has 0 N–H and O–H groups in total. The fourth-order valence-corrected chi connectivity index (χ4v) is 3.55. The molecule has 0 amide bonds. The van der Waals surface area contributed by atoms with Gasteiger partial charge in [-0.2, -0.15) is 0 Å². The molecule has 108 valence electrons. The third kappa shape index (κ3) is 2.89. The summed E-state index contributed by atoms with van der Waals surface area (Å²) >= 11 is 7.72. The van der Waals surface area contributed by atoms with E-state index < -0.39 is 0 Å². The first-order chi connectivity index (χ1) is 10.2. The monoisotopic (exact) mass is 316 g/mol. The van der Waals surface area contributed by atoms with Gasteiger partial charge in [0.25, 0.3) is 0 Å². The van der Waals surface area contributed by atoms with E-state index in [0.29, 0.717) is 0 Å². The number of benzene rings is 2. The highest BCUT2D eigenvalue weighted by Crippen LogP contribution is 2.32. The summed E-state index contributed by atoms with van der Waals surface area (Å²) in [6.45, 7) is 6.40. The summed E-state index contributed by atoms with van der Waals surface area (Å²) in [6, 6.07) is 14.5. The second kappa shape index (κ2) is 6.04. The maximum absolute atomic E-state index is 6.02. The maximum atomic E-state index is 6.02. The average molecular weight is 317 g/mol. The number of halogens is 1. The minimum atomic E-state index is 0.733. The lowest BCUT2D eigenvalue weighted by atomic mass is 10.2. The van der Waals surface area contributed by atoms with E-state index in [1.165, 1.54) is 10.4 Å². The van der Waals surface area contributed by atoms with Crippen LogP contribution < -0.4 is 4.90 Å². The number of thiazole rings is 1. The van der Waals surface area contributed by atoms with Gasteiger partial charge >= 0.3 is 0 Å². The van der Waals surface area contributed by atoms with Crippen LogP contribution in [0.4, 0.5) is 5.69 Å². The van der Waals surface area contributed by atoms with Gasteiger partial charge in [-0.15, -0.1) is 11.3 Å². The fraction of sp³-hybridized carbons (Fsp3) is 0.235. The van der Waals surface area contributed by atoms with Gasteiger partial charge < -0.3 is 4.90 Å². The van der Waals surface area contributed by atoms with Crippen LogP contribution in [0, 0.1) is 0 Å². The van der Waals surface area contributed by atoms with E-state index in [4.69, 9.17) is 11.6 Å². The van der Waals surface area contributed by atoms with Crippen molar-refractivity contribution >= 4 is 38.8 Å². The van der Waals surface area contributed by atoms with Crippen molar-refractivity contribution in [2.24, 2.45) is 0 Å². The van der Waals surface area contributed by atoms with Gasteiger partial charge in [-0.1, -0.05) is 11.6 Å². The Kier molecular flexibility index (Phi) is 4.13. The van der Waals surface area contributed by atoms with E-state index in [1.807, 2.05) is 18.2 Å². The molecule has 0 saturated heterocycles. The molecule has 0 spiro atoms. The molecule has 2 aromatic carbocycles. The summed E-state index contributed by atoms with van der Waals surface area (Å²) in [7, 11) is 0. The second-order valence-corrected chi connectivity index (χ2v) is 6.32. The van der Waals surface area contributed by atoms with Crippen LogP contribution in [-0.4, -0.2) is 18.1 Å². The zero-order chi connectivity index (χ0) is 14.8. The molecule has 3 rings (SSSR count). The first-order valence-electron chi connectivity index (χ1n) is 7.12. The molecule has 0 unspecified atom stereocenters. The van der Waals surface area contributed by atoms with Crippen LogP contribution in [0.3, 0.4) is 0 Å². The number of nitrogens with zero attached hydrogens (tertiary/aromatic N) is 2. The van der Waals surface area contributed by atoms with E-state index in [9.17, 15) is 0 Å². The van der Waals surface area contributed by atoms with Crippen LogP contribution in [0.15, 0.2) is 42.5 Å². The van der Waals surface area contributed by atoms with Crippen LogP contribution in [0.1, 0.15) is 13.8 Å². The van der Waals surface area contributed by atoms with Gasteiger partial charge in [0.15, 0.2) is 0 Å². The van der Waals surface area contributed by atoms with Crippen LogP contribution in [0.25, 0.3) is 20.8 Å². The van der Waals surface area contributed by atoms with Gasteiger partial charge in [0.05, 0.1) is 10.2 Å². The summed E-state index contributed by atoms with van der Waals surface area (Å²) in [6.07, 6.45) is 0. The van der Waals surface area contributed by atoms with Crippen LogP contribution in [0.5, 0.6) is 0 Å². The molecule has 3 aromatic rings. The van der Waals surface area contributed by atoms with Crippen molar-refractivity contribution in [3.8, 4) is 10.6 Å². The zero-order valence-corrected chi connectivity index (χ0v) is 13.7. The van der Waals surface area contributed by atoms with Crippen LogP contribution in [0.2, 0.25) is 5.02 Å². The summed E-state index contributed by atoms with van der Waals surface area (Å²) in [4.78, 5) is 7.01. The first-order valence-corrected chi connectivity index (χ1v) is 8.32. The Balaban J connectivity index is 1.95. The molecule has 21 heavy (non-hydrogen) atoms. The van der Waals surface area contributed by atoms with E-state index in [2.05, 4.69) is 48.0 Å².